The second-order valence-electron chi connectivity index (χ2n) is 4.75. The number of benzene rings is 2. The summed E-state index contributed by atoms with van der Waals surface area (Å²) in [6, 6.07) is 16.4. The first-order valence-electron chi connectivity index (χ1n) is 6.56. The van der Waals surface area contributed by atoms with Crippen LogP contribution in [0.3, 0.4) is 0 Å². The predicted octanol–water partition coefficient (Wildman–Crippen LogP) is 4.42. The fourth-order valence-electron chi connectivity index (χ4n) is 2.22. The number of rotatable bonds is 3. The Kier molecular flexibility index (Phi) is 3.61. The third-order valence-electron chi connectivity index (χ3n) is 3.45. The van der Waals surface area contributed by atoms with Gasteiger partial charge in [-0.1, -0.05) is 24.3 Å². The molecule has 3 aromatic rings. The van der Waals surface area contributed by atoms with Crippen LogP contribution in [-0.4, -0.2) is 4.98 Å². The van der Waals surface area contributed by atoms with Crippen LogP contribution >= 0.6 is 11.8 Å². The predicted molar refractivity (Wildman–Crippen MR) is 86.9 cm³/mol. The molecule has 0 aliphatic heterocycles. The highest BCUT2D eigenvalue weighted by Gasteiger charge is 2.05. The first-order valence-corrected chi connectivity index (χ1v) is 7.55. The lowest BCUT2D eigenvalue weighted by molar-refractivity contribution is 1.29. The summed E-state index contributed by atoms with van der Waals surface area (Å²) in [5.41, 5.74) is 10.3. The van der Waals surface area contributed by atoms with Crippen molar-refractivity contribution in [1.82, 2.24) is 4.98 Å². The second kappa shape index (κ2) is 5.55. The summed E-state index contributed by atoms with van der Waals surface area (Å²) in [4.78, 5) is 5.64. The van der Waals surface area contributed by atoms with Gasteiger partial charge in [0.2, 0.25) is 0 Å². The summed E-state index contributed by atoms with van der Waals surface area (Å²) in [5.74, 6) is 0.924. The van der Waals surface area contributed by atoms with E-state index in [0.29, 0.717) is 0 Å². The molecule has 0 saturated carbocycles. The first-order chi connectivity index (χ1) is 9.75. The van der Waals surface area contributed by atoms with E-state index in [0.717, 1.165) is 22.5 Å². The minimum Gasteiger partial charge on any atom is -0.398 e. The Bertz CT molecular complexity index is 748. The number of aromatic nitrogens is 1. The molecular formula is C17H16N2S. The molecule has 2 aromatic carbocycles. The Labute approximate surface area is 123 Å². The van der Waals surface area contributed by atoms with Crippen LogP contribution in [-0.2, 0) is 5.75 Å². The van der Waals surface area contributed by atoms with Gasteiger partial charge in [-0.15, -0.1) is 11.8 Å². The van der Waals surface area contributed by atoms with E-state index in [1.807, 2.05) is 36.2 Å². The van der Waals surface area contributed by atoms with Gasteiger partial charge in [0.05, 0.1) is 5.52 Å². The number of thioether (sulfide) groups is 1. The molecule has 1 heterocycles. The zero-order chi connectivity index (χ0) is 13.9. The van der Waals surface area contributed by atoms with E-state index in [9.17, 15) is 0 Å². The van der Waals surface area contributed by atoms with Gasteiger partial charge in [-0.2, -0.15) is 0 Å². The van der Waals surface area contributed by atoms with Gasteiger partial charge < -0.3 is 5.73 Å². The van der Waals surface area contributed by atoms with Crippen LogP contribution in [0.5, 0.6) is 0 Å². The van der Waals surface area contributed by atoms with Gasteiger partial charge in [-0.05, 0) is 42.3 Å². The number of nitrogens with two attached hydrogens (primary N) is 1. The highest BCUT2D eigenvalue weighted by molar-refractivity contribution is 7.98. The van der Waals surface area contributed by atoms with Crippen molar-refractivity contribution in [2.75, 3.05) is 5.73 Å². The van der Waals surface area contributed by atoms with Crippen molar-refractivity contribution >= 4 is 28.4 Å². The molecular weight excluding hydrogens is 264 g/mol. The van der Waals surface area contributed by atoms with Gasteiger partial charge in [0.25, 0.3) is 0 Å². The maximum Gasteiger partial charge on any atom is 0.0705 e. The standard InChI is InChI=1S/C17H16N2S/c1-12-15(18)6-4-8-17(12)20-11-13-9-10-19-16-7-3-2-5-14(13)16/h2-10H,11,18H2,1H3. The van der Waals surface area contributed by atoms with Crippen molar-refractivity contribution in [2.45, 2.75) is 17.6 Å². The molecule has 0 aliphatic carbocycles. The molecule has 100 valence electrons. The zero-order valence-electron chi connectivity index (χ0n) is 11.3. The maximum absolute atomic E-state index is 5.96. The van der Waals surface area contributed by atoms with Gasteiger partial charge in [0, 0.05) is 27.9 Å². The fraction of sp³-hybridized carbons (Fsp3) is 0.118. The Morgan fingerprint density at radius 3 is 2.80 bits per heavy atom. The Morgan fingerprint density at radius 2 is 1.90 bits per heavy atom. The highest BCUT2D eigenvalue weighted by Crippen LogP contribution is 2.30. The molecule has 0 radical (unpaired) electrons. The molecule has 0 amide bonds. The van der Waals surface area contributed by atoms with Crippen LogP contribution < -0.4 is 5.73 Å². The molecule has 2 nitrogen and oxygen atoms in total. The van der Waals surface area contributed by atoms with Crippen LogP contribution in [0, 0.1) is 6.92 Å². The van der Waals surface area contributed by atoms with Crippen molar-refractivity contribution in [1.29, 1.82) is 0 Å². The van der Waals surface area contributed by atoms with Crippen molar-refractivity contribution in [3.05, 3.63) is 65.9 Å². The Morgan fingerprint density at radius 1 is 1.05 bits per heavy atom. The number of para-hydroxylation sites is 1. The van der Waals surface area contributed by atoms with Crippen LogP contribution in [0.4, 0.5) is 5.69 Å². The average Bonchev–Trinajstić information content (AvgIpc) is 2.49. The number of pyridine rings is 1. The van der Waals surface area contributed by atoms with Gasteiger partial charge >= 0.3 is 0 Å². The summed E-state index contributed by atoms with van der Waals surface area (Å²) in [6.45, 7) is 2.07. The van der Waals surface area contributed by atoms with Crippen molar-refractivity contribution in [3.63, 3.8) is 0 Å². The number of hydrogen-bond acceptors (Lipinski definition) is 3. The second-order valence-corrected chi connectivity index (χ2v) is 5.76. The molecule has 20 heavy (non-hydrogen) atoms. The third kappa shape index (κ3) is 2.49. The summed E-state index contributed by atoms with van der Waals surface area (Å²) in [7, 11) is 0. The Hall–Kier alpha value is -2.00. The number of nitrogen functional groups attached to an aromatic ring is 1. The van der Waals surface area contributed by atoms with Crippen LogP contribution in [0.25, 0.3) is 10.9 Å². The summed E-state index contributed by atoms with van der Waals surface area (Å²) >= 11 is 1.82. The molecule has 0 fully saturated rings. The summed E-state index contributed by atoms with van der Waals surface area (Å²) in [5, 5.41) is 1.23. The topological polar surface area (TPSA) is 38.9 Å². The van der Waals surface area contributed by atoms with Gasteiger partial charge in [0.1, 0.15) is 0 Å². The zero-order valence-corrected chi connectivity index (χ0v) is 12.2. The minimum atomic E-state index is 0.856. The van der Waals surface area contributed by atoms with E-state index in [-0.39, 0.29) is 0 Å². The molecule has 3 rings (SSSR count). The molecule has 0 bridgehead atoms. The molecule has 0 saturated heterocycles. The number of nitrogens with zero attached hydrogens (tertiary/aromatic N) is 1. The molecule has 3 heteroatoms. The first kappa shape index (κ1) is 13.0. The molecule has 0 unspecified atom stereocenters. The van der Waals surface area contributed by atoms with E-state index >= 15 is 0 Å². The maximum atomic E-state index is 5.96. The quantitative estimate of drug-likeness (QED) is 0.570. The van der Waals surface area contributed by atoms with Gasteiger partial charge in [0.15, 0.2) is 0 Å². The molecule has 0 atom stereocenters. The SMILES string of the molecule is Cc1c(N)cccc1SCc1ccnc2ccccc12. The highest BCUT2D eigenvalue weighted by atomic mass is 32.2. The Balaban J connectivity index is 1.89. The molecule has 1 aromatic heterocycles. The van der Waals surface area contributed by atoms with E-state index in [1.54, 1.807) is 0 Å². The molecule has 0 spiro atoms. The number of anilines is 1. The lowest BCUT2D eigenvalue weighted by Crippen LogP contribution is -1.92. The van der Waals surface area contributed by atoms with E-state index in [2.05, 4.69) is 42.2 Å². The van der Waals surface area contributed by atoms with Crippen LogP contribution in [0.15, 0.2) is 59.6 Å². The van der Waals surface area contributed by atoms with E-state index in [1.165, 1.54) is 15.8 Å². The van der Waals surface area contributed by atoms with Crippen molar-refractivity contribution in [2.24, 2.45) is 0 Å². The molecule has 2 N–H and O–H groups in total. The van der Waals surface area contributed by atoms with Crippen molar-refractivity contribution in [3.8, 4) is 0 Å². The number of hydrogen-bond donors (Lipinski definition) is 1. The largest absolute Gasteiger partial charge is 0.398 e. The lowest BCUT2D eigenvalue weighted by atomic mass is 10.1. The minimum absolute atomic E-state index is 0.856. The molecule has 0 aliphatic rings. The fourth-order valence-corrected chi connectivity index (χ4v) is 3.30. The average molecular weight is 280 g/mol. The monoisotopic (exact) mass is 280 g/mol. The smallest absolute Gasteiger partial charge is 0.0705 e. The van der Waals surface area contributed by atoms with Crippen LogP contribution in [0.1, 0.15) is 11.1 Å². The number of fused-ring (bicyclic) bond motifs is 1. The van der Waals surface area contributed by atoms with E-state index in [4.69, 9.17) is 5.73 Å². The van der Waals surface area contributed by atoms with Crippen molar-refractivity contribution < 1.29 is 0 Å². The summed E-state index contributed by atoms with van der Waals surface area (Å²) < 4.78 is 0. The van der Waals surface area contributed by atoms with Crippen LogP contribution in [0.2, 0.25) is 0 Å². The van der Waals surface area contributed by atoms with Gasteiger partial charge in [-0.25, -0.2) is 0 Å². The summed E-state index contributed by atoms with van der Waals surface area (Å²) in [6.07, 6.45) is 1.88. The van der Waals surface area contributed by atoms with E-state index < -0.39 is 0 Å². The lowest BCUT2D eigenvalue weighted by Gasteiger charge is -2.09. The van der Waals surface area contributed by atoms with Gasteiger partial charge in [-0.3, -0.25) is 4.98 Å². The third-order valence-corrected chi connectivity index (χ3v) is 4.66. The normalized spacial score (nSPS) is 10.8.